The van der Waals surface area contributed by atoms with Crippen molar-refractivity contribution in [1.29, 1.82) is 0 Å². The molecule has 3 rings (SSSR count). The van der Waals surface area contributed by atoms with Crippen molar-refractivity contribution >= 4 is 44.9 Å². The van der Waals surface area contributed by atoms with E-state index in [0.29, 0.717) is 5.70 Å². The van der Waals surface area contributed by atoms with Crippen LogP contribution >= 0.6 is 15.9 Å². The minimum Gasteiger partial charge on any atom is -0.358 e. The predicted molar refractivity (Wildman–Crippen MR) is 110 cm³/mol. The molecule has 144 valence electrons. The van der Waals surface area contributed by atoms with Gasteiger partial charge in [-0.05, 0) is 42.8 Å². The largest absolute Gasteiger partial charge is 0.358 e. The number of rotatable bonds is 7. The SMILES string of the molecule is O=C(CCC(Nc1ccccc1)=C1C(=O)CNC1=O)NNc1ccc(Br)cc1. The number of allylic oxidation sites excluding steroid dienone is 1. The molecule has 0 unspecified atom stereocenters. The maximum atomic E-state index is 12.2. The van der Waals surface area contributed by atoms with Gasteiger partial charge in [0.05, 0.1) is 12.2 Å². The molecule has 0 radical (unpaired) electrons. The Morgan fingerprint density at radius 1 is 0.964 bits per heavy atom. The van der Waals surface area contributed by atoms with Crippen LogP contribution in [0.3, 0.4) is 0 Å². The summed E-state index contributed by atoms with van der Waals surface area (Å²) in [4.78, 5) is 36.4. The van der Waals surface area contributed by atoms with Gasteiger partial charge in [0.25, 0.3) is 5.91 Å². The highest BCUT2D eigenvalue weighted by atomic mass is 79.9. The summed E-state index contributed by atoms with van der Waals surface area (Å²) in [6.45, 7) is -0.0224. The first-order valence-corrected chi connectivity index (χ1v) is 9.49. The van der Waals surface area contributed by atoms with Gasteiger partial charge in [-0.15, -0.1) is 0 Å². The van der Waals surface area contributed by atoms with Crippen LogP contribution < -0.4 is 21.5 Å². The summed E-state index contributed by atoms with van der Waals surface area (Å²) in [6, 6.07) is 16.5. The Kier molecular flexibility index (Phi) is 6.44. The number of benzene rings is 2. The molecule has 8 heteroatoms. The fourth-order valence-electron chi connectivity index (χ4n) is 2.69. The quantitative estimate of drug-likeness (QED) is 0.300. The third-order valence-corrected chi connectivity index (χ3v) is 4.61. The van der Waals surface area contributed by atoms with Crippen LogP contribution in [0.15, 0.2) is 70.3 Å². The maximum Gasteiger partial charge on any atom is 0.257 e. The second-order valence-electron chi connectivity index (χ2n) is 6.13. The number of amides is 2. The normalized spacial score (nSPS) is 15.0. The van der Waals surface area contributed by atoms with Crippen LogP contribution in [-0.2, 0) is 14.4 Å². The molecule has 0 aromatic heterocycles. The Hall–Kier alpha value is -3.13. The van der Waals surface area contributed by atoms with Gasteiger partial charge in [0.1, 0.15) is 5.57 Å². The van der Waals surface area contributed by atoms with Gasteiger partial charge >= 0.3 is 0 Å². The standard InChI is InChI=1S/C20H19BrN4O3/c21-13-6-8-15(9-7-13)24-25-18(27)11-10-16(19-17(26)12-22-20(19)28)23-14-4-2-1-3-5-14/h1-9,23-24H,10-12H2,(H,22,28)(H,25,27). The number of nitrogens with one attached hydrogen (secondary N) is 4. The number of hydrogen-bond donors (Lipinski definition) is 4. The van der Waals surface area contributed by atoms with Crippen molar-refractivity contribution in [1.82, 2.24) is 10.7 Å². The lowest BCUT2D eigenvalue weighted by Crippen LogP contribution is -2.29. The minimum atomic E-state index is -0.420. The van der Waals surface area contributed by atoms with Crippen molar-refractivity contribution in [3.05, 3.63) is 70.3 Å². The van der Waals surface area contributed by atoms with E-state index in [2.05, 4.69) is 37.4 Å². The van der Waals surface area contributed by atoms with Gasteiger partial charge < -0.3 is 10.6 Å². The predicted octanol–water partition coefficient (Wildman–Crippen LogP) is 2.74. The maximum absolute atomic E-state index is 12.2. The Labute approximate surface area is 170 Å². The number of para-hydroxylation sites is 1. The van der Waals surface area contributed by atoms with Crippen LogP contribution in [-0.4, -0.2) is 24.1 Å². The van der Waals surface area contributed by atoms with Gasteiger partial charge in [0, 0.05) is 22.3 Å². The molecule has 1 aliphatic heterocycles. The van der Waals surface area contributed by atoms with Crippen molar-refractivity contribution in [2.75, 3.05) is 17.3 Å². The van der Waals surface area contributed by atoms with E-state index in [1.165, 1.54) is 0 Å². The van der Waals surface area contributed by atoms with Gasteiger partial charge in [-0.25, -0.2) is 0 Å². The molecule has 2 amide bonds. The van der Waals surface area contributed by atoms with Crippen LogP contribution in [0, 0.1) is 0 Å². The number of ketones is 1. The smallest absolute Gasteiger partial charge is 0.257 e. The van der Waals surface area contributed by atoms with Crippen molar-refractivity contribution in [2.24, 2.45) is 0 Å². The van der Waals surface area contributed by atoms with Crippen molar-refractivity contribution in [2.45, 2.75) is 12.8 Å². The summed E-state index contributed by atoms with van der Waals surface area (Å²) in [7, 11) is 0. The third-order valence-electron chi connectivity index (χ3n) is 4.08. The molecule has 0 spiro atoms. The molecule has 2 aromatic rings. The number of carbonyl (C=O) groups excluding carboxylic acids is 3. The Bertz CT molecular complexity index is 893. The molecule has 0 atom stereocenters. The molecular weight excluding hydrogens is 424 g/mol. The highest BCUT2D eigenvalue weighted by Gasteiger charge is 2.29. The molecule has 2 aromatic carbocycles. The number of carbonyl (C=O) groups is 3. The van der Waals surface area contributed by atoms with Crippen LogP contribution in [0.5, 0.6) is 0 Å². The summed E-state index contributed by atoms with van der Waals surface area (Å²) < 4.78 is 0.937. The monoisotopic (exact) mass is 442 g/mol. The first-order chi connectivity index (χ1) is 13.5. The zero-order valence-electron chi connectivity index (χ0n) is 14.9. The average molecular weight is 443 g/mol. The summed E-state index contributed by atoms with van der Waals surface area (Å²) in [5.74, 6) is -0.963. The van der Waals surface area contributed by atoms with Crippen LogP contribution in [0.2, 0.25) is 0 Å². The number of anilines is 2. The summed E-state index contributed by atoms with van der Waals surface area (Å²) >= 11 is 3.35. The van der Waals surface area contributed by atoms with E-state index < -0.39 is 5.91 Å². The number of hydrogen-bond acceptors (Lipinski definition) is 5. The fourth-order valence-corrected chi connectivity index (χ4v) is 2.96. The van der Waals surface area contributed by atoms with Crippen LogP contribution in [0.1, 0.15) is 12.8 Å². The van der Waals surface area contributed by atoms with E-state index in [-0.39, 0.29) is 36.6 Å². The zero-order chi connectivity index (χ0) is 19.9. The molecule has 1 fully saturated rings. The Balaban J connectivity index is 1.65. The van der Waals surface area contributed by atoms with Crippen LogP contribution in [0.4, 0.5) is 11.4 Å². The minimum absolute atomic E-state index is 0.0224. The number of halogens is 1. The molecule has 1 saturated heterocycles. The van der Waals surface area contributed by atoms with E-state index in [0.717, 1.165) is 15.8 Å². The topological polar surface area (TPSA) is 99.3 Å². The molecule has 4 N–H and O–H groups in total. The van der Waals surface area contributed by atoms with Crippen molar-refractivity contribution in [3.63, 3.8) is 0 Å². The van der Waals surface area contributed by atoms with E-state index in [9.17, 15) is 14.4 Å². The van der Waals surface area contributed by atoms with E-state index in [4.69, 9.17) is 0 Å². The first kappa shape index (κ1) is 19.6. The lowest BCUT2D eigenvalue weighted by atomic mass is 10.1. The zero-order valence-corrected chi connectivity index (χ0v) is 16.5. The molecule has 0 saturated carbocycles. The Morgan fingerprint density at radius 3 is 2.32 bits per heavy atom. The third kappa shape index (κ3) is 5.20. The van der Waals surface area contributed by atoms with Gasteiger partial charge in [0.2, 0.25) is 5.91 Å². The fraction of sp³-hybridized carbons (Fsp3) is 0.150. The highest BCUT2D eigenvalue weighted by Crippen LogP contribution is 2.20. The van der Waals surface area contributed by atoms with E-state index in [1.807, 2.05) is 54.6 Å². The summed E-state index contributed by atoms with van der Waals surface area (Å²) in [5.41, 5.74) is 7.44. The van der Waals surface area contributed by atoms with Crippen molar-refractivity contribution in [3.8, 4) is 0 Å². The lowest BCUT2D eigenvalue weighted by molar-refractivity contribution is -0.121. The second kappa shape index (κ2) is 9.18. The van der Waals surface area contributed by atoms with Crippen LogP contribution in [0.25, 0.3) is 0 Å². The average Bonchev–Trinajstić information content (AvgIpc) is 3.04. The van der Waals surface area contributed by atoms with Gasteiger partial charge in [-0.3, -0.25) is 25.2 Å². The first-order valence-electron chi connectivity index (χ1n) is 8.70. The molecule has 1 heterocycles. The van der Waals surface area contributed by atoms with Gasteiger partial charge in [-0.1, -0.05) is 34.1 Å². The van der Waals surface area contributed by atoms with E-state index in [1.54, 1.807) is 0 Å². The molecule has 28 heavy (non-hydrogen) atoms. The molecule has 0 bridgehead atoms. The number of hydrazine groups is 1. The van der Waals surface area contributed by atoms with Gasteiger partial charge in [0.15, 0.2) is 5.78 Å². The lowest BCUT2D eigenvalue weighted by Gasteiger charge is -2.14. The summed E-state index contributed by atoms with van der Waals surface area (Å²) in [6.07, 6.45) is 0.319. The number of Topliss-reactive ketones (excluding diaryl/α,β-unsaturated/α-hetero) is 1. The highest BCUT2D eigenvalue weighted by molar-refractivity contribution is 9.10. The second-order valence-corrected chi connectivity index (χ2v) is 7.05. The van der Waals surface area contributed by atoms with Gasteiger partial charge in [-0.2, -0.15) is 0 Å². The molecule has 0 aliphatic carbocycles. The van der Waals surface area contributed by atoms with E-state index >= 15 is 0 Å². The molecule has 7 nitrogen and oxygen atoms in total. The molecule has 1 aliphatic rings. The van der Waals surface area contributed by atoms with Crippen molar-refractivity contribution < 1.29 is 14.4 Å². The Morgan fingerprint density at radius 2 is 1.68 bits per heavy atom. The summed E-state index contributed by atoms with van der Waals surface area (Å²) in [5, 5.41) is 5.63. The molecular formula is C20H19BrN4O3.